The summed E-state index contributed by atoms with van der Waals surface area (Å²) in [6.07, 6.45) is 0. The highest BCUT2D eigenvalue weighted by atomic mass is 16.3. The third-order valence-electron chi connectivity index (χ3n) is 2.78. The van der Waals surface area contributed by atoms with Gasteiger partial charge in [0.1, 0.15) is 0 Å². The van der Waals surface area contributed by atoms with E-state index in [0.717, 1.165) is 11.1 Å². The van der Waals surface area contributed by atoms with Crippen molar-refractivity contribution in [1.29, 1.82) is 0 Å². The first-order valence-electron chi connectivity index (χ1n) is 4.78. The highest BCUT2D eigenvalue weighted by Crippen LogP contribution is 2.27. The number of nitrogens with zero attached hydrogens (tertiary/aromatic N) is 1. The largest absolute Gasteiger partial charge is 0.494 e. The van der Waals surface area contributed by atoms with Crippen molar-refractivity contribution in [2.24, 2.45) is 0 Å². The van der Waals surface area contributed by atoms with Gasteiger partial charge in [-0.15, -0.1) is 0 Å². The quantitative estimate of drug-likeness (QED) is 0.599. The summed E-state index contributed by atoms with van der Waals surface area (Å²) in [4.78, 5) is 12.0. The number of ketones is 1. The zero-order valence-corrected chi connectivity index (χ0v) is 7.97. The van der Waals surface area contributed by atoms with E-state index in [9.17, 15) is 9.90 Å². The first-order chi connectivity index (χ1) is 7.27. The van der Waals surface area contributed by atoms with E-state index in [-0.39, 0.29) is 11.7 Å². The van der Waals surface area contributed by atoms with Crippen molar-refractivity contribution in [1.82, 2.24) is 4.57 Å². The number of aromatic hydroxyl groups is 1. The van der Waals surface area contributed by atoms with Crippen LogP contribution in [0.3, 0.4) is 0 Å². The van der Waals surface area contributed by atoms with Crippen LogP contribution in [0.5, 0.6) is 5.88 Å². The standard InChI is InChI=1S/C12H9NO2/c14-11-6-5-10-12(15)9-4-2-1-3-8(9)7-13(10)11/h1-6,14H,7H2. The topological polar surface area (TPSA) is 42.2 Å². The molecule has 1 aliphatic heterocycles. The Hall–Kier alpha value is -2.03. The van der Waals surface area contributed by atoms with Gasteiger partial charge in [-0.05, 0) is 11.6 Å². The molecule has 0 aliphatic carbocycles. The highest BCUT2D eigenvalue weighted by Gasteiger charge is 2.24. The van der Waals surface area contributed by atoms with E-state index in [1.54, 1.807) is 16.7 Å². The monoisotopic (exact) mass is 199 g/mol. The van der Waals surface area contributed by atoms with Crippen LogP contribution in [0.1, 0.15) is 21.6 Å². The second-order valence-corrected chi connectivity index (χ2v) is 3.65. The van der Waals surface area contributed by atoms with Crippen molar-refractivity contribution in [3.05, 3.63) is 53.2 Å². The minimum Gasteiger partial charge on any atom is -0.494 e. The Kier molecular flexibility index (Phi) is 1.51. The minimum atomic E-state index is -0.0165. The van der Waals surface area contributed by atoms with Crippen LogP contribution in [0.2, 0.25) is 0 Å². The average Bonchev–Trinajstić information content (AvgIpc) is 2.62. The third-order valence-corrected chi connectivity index (χ3v) is 2.78. The molecule has 2 heterocycles. The lowest BCUT2D eigenvalue weighted by Crippen LogP contribution is -2.19. The van der Waals surface area contributed by atoms with Gasteiger partial charge in [-0.1, -0.05) is 24.3 Å². The molecule has 0 amide bonds. The molecule has 3 heteroatoms. The molecule has 1 aliphatic rings. The van der Waals surface area contributed by atoms with Crippen molar-refractivity contribution in [3.8, 4) is 5.88 Å². The molecular weight excluding hydrogens is 190 g/mol. The van der Waals surface area contributed by atoms with Gasteiger partial charge in [0.05, 0.1) is 12.2 Å². The lowest BCUT2D eigenvalue weighted by atomic mass is 9.98. The summed E-state index contributed by atoms with van der Waals surface area (Å²) in [5.74, 6) is 0.130. The van der Waals surface area contributed by atoms with Gasteiger partial charge in [-0.3, -0.25) is 4.79 Å². The second kappa shape index (κ2) is 2.73. The third kappa shape index (κ3) is 1.03. The Bertz CT molecular complexity index is 554. The van der Waals surface area contributed by atoms with Gasteiger partial charge in [-0.2, -0.15) is 0 Å². The number of fused-ring (bicyclic) bond motifs is 2. The fourth-order valence-electron chi connectivity index (χ4n) is 2.01. The maximum Gasteiger partial charge on any atom is 0.209 e. The van der Waals surface area contributed by atoms with Crippen LogP contribution in [-0.4, -0.2) is 15.5 Å². The summed E-state index contributed by atoms with van der Waals surface area (Å²) < 4.78 is 1.63. The molecule has 0 radical (unpaired) electrons. The summed E-state index contributed by atoms with van der Waals surface area (Å²) in [5, 5.41) is 9.55. The number of hydrogen-bond donors (Lipinski definition) is 1. The van der Waals surface area contributed by atoms with E-state index < -0.39 is 0 Å². The molecule has 1 aromatic carbocycles. The molecular formula is C12H9NO2. The van der Waals surface area contributed by atoms with Gasteiger partial charge >= 0.3 is 0 Å². The van der Waals surface area contributed by atoms with Crippen molar-refractivity contribution in [2.75, 3.05) is 0 Å². The fraction of sp³-hybridized carbons (Fsp3) is 0.0833. The Labute approximate surface area is 86.6 Å². The lowest BCUT2D eigenvalue weighted by Gasteiger charge is -2.18. The van der Waals surface area contributed by atoms with Gasteiger partial charge in [0.15, 0.2) is 5.88 Å². The highest BCUT2D eigenvalue weighted by molar-refractivity contribution is 6.10. The predicted octanol–water partition coefficient (Wildman–Crippen LogP) is 1.79. The molecule has 0 fully saturated rings. The molecule has 74 valence electrons. The lowest BCUT2D eigenvalue weighted by molar-refractivity contribution is 0.102. The summed E-state index contributed by atoms with van der Waals surface area (Å²) in [7, 11) is 0. The van der Waals surface area contributed by atoms with Crippen LogP contribution in [0.25, 0.3) is 0 Å². The summed E-state index contributed by atoms with van der Waals surface area (Å²) in [6, 6.07) is 10.7. The Morgan fingerprint density at radius 1 is 1.13 bits per heavy atom. The van der Waals surface area contributed by atoms with Crippen molar-refractivity contribution in [3.63, 3.8) is 0 Å². The molecule has 1 aromatic heterocycles. The zero-order valence-electron chi connectivity index (χ0n) is 7.97. The molecule has 0 atom stereocenters. The van der Waals surface area contributed by atoms with Crippen LogP contribution in [0.4, 0.5) is 0 Å². The Balaban J connectivity index is 2.26. The normalized spacial score (nSPS) is 13.5. The van der Waals surface area contributed by atoms with Crippen molar-refractivity contribution in [2.45, 2.75) is 6.54 Å². The number of carbonyl (C=O) groups excluding carboxylic acids is 1. The van der Waals surface area contributed by atoms with E-state index in [1.165, 1.54) is 0 Å². The van der Waals surface area contributed by atoms with E-state index in [4.69, 9.17) is 0 Å². The number of hydrogen-bond acceptors (Lipinski definition) is 2. The number of rotatable bonds is 0. The molecule has 0 spiro atoms. The summed E-state index contributed by atoms with van der Waals surface area (Å²) >= 11 is 0. The molecule has 1 N–H and O–H groups in total. The van der Waals surface area contributed by atoms with Crippen LogP contribution >= 0.6 is 0 Å². The SMILES string of the molecule is O=C1c2ccccc2Cn2c(O)ccc21. The number of carbonyl (C=O) groups is 1. The first-order valence-corrected chi connectivity index (χ1v) is 4.78. The van der Waals surface area contributed by atoms with E-state index in [0.29, 0.717) is 12.2 Å². The van der Waals surface area contributed by atoms with Gasteiger partial charge in [0.2, 0.25) is 5.78 Å². The molecule has 0 bridgehead atoms. The summed E-state index contributed by atoms with van der Waals surface area (Å²) in [6.45, 7) is 0.566. The molecule has 2 aromatic rings. The number of aromatic nitrogens is 1. The van der Waals surface area contributed by atoms with Crippen molar-refractivity contribution < 1.29 is 9.90 Å². The molecule has 3 rings (SSSR count). The van der Waals surface area contributed by atoms with Gasteiger partial charge in [-0.25, -0.2) is 0 Å². The van der Waals surface area contributed by atoms with Gasteiger partial charge in [0, 0.05) is 11.6 Å². The van der Waals surface area contributed by atoms with Crippen molar-refractivity contribution >= 4 is 5.78 Å². The predicted molar refractivity (Wildman–Crippen MR) is 55.1 cm³/mol. The maximum absolute atomic E-state index is 12.0. The van der Waals surface area contributed by atoms with Crippen LogP contribution in [0, 0.1) is 0 Å². The van der Waals surface area contributed by atoms with Crippen LogP contribution in [0.15, 0.2) is 36.4 Å². The van der Waals surface area contributed by atoms with E-state index in [1.807, 2.05) is 24.3 Å². The smallest absolute Gasteiger partial charge is 0.209 e. The fourth-order valence-corrected chi connectivity index (χ4v) is 2.01. The average molecular weight is 199 g/mol. The number of benzene rings is 1. The van der Waals surface area contributed by atoms with Gasteiger partial charge < -0.3 is 9.67 Å². The summed E-state index contributed by atoms with van der Waals surface area (Å²) in [5.41, 5.74) is 2.26. The second-order valence-electron chi connectivity index (χ2n) is 3.65. The maximum atomic E-state index is 12.0. The van der Waals surface area contributed by atoms with E-state index in [2.05, 4.69) is 0 Å². The van der Waals surface area contributed by atoms with Crippen LogP contribution in [-0.2, 0) is 6.54 Å². The van der Waals surface area contributed by atoms with E-state index >= 15 is 0 Å². The van der Waals surface area contributed by atoms with Gasteiger partial charge in [0.25, 0.3) is 0 Å². The minimum absolute atomic E-state index is 0.0165. The molecule has 0 unspecified atom stereocenters. The molecule has 3 nitrogen and oxygen atoms in total. The zero-order chi connectivity index (χ0) is 10.4. The Morgan fingerprint density at radius 3 is 2.80 bits per heavy atom. The first kappa shape index (κ1) is 8.29. The Morgan fingerprint density at radius 2 is 1.93 bits per heavy atom. The molecule has 15 heavy (non-hydrogen) atoms. The molecule has 0 saturated heterocycles. The van der Waals surface area contributed by atoms with Crippen LogP contribution < -0.4 is 0 Å². The molecule has 0 saturated carbocycles.